The molecule has 0 saturated carbocycles. The Labute approximate surface area is 153 Å². The molecule has 0 atom stereocenters. The highest BCUT2D eigenvalue weighted by Crippen LogP contribution is 2.11. The number of morpholine rings is 1. The lowest BCUT2D eigenvalue weighted by Gasteiger charge is -2.28. The van der Waals surface area contributed by atoms with E-state index in [0.717, 1.165) is 83.6 Å². The highest BCUT2D eigenvalue weighted by Gasteiger charge is 2.18. The Hall–Kier alpha value is -0.800. The predicted molar refractivity (Wildman–Crippen MR) is 101 cm³/mol. The van der Waals surface area contributed by atoms with E-state index in [-0.39, 0.29) is 0 Å². The molecule has 2 saturated heterocycles. The van der Waals surface area contributed by atoms with Crippen molar-refractivity contribution in [1.29, 1.82) is 0 Å². The number of nitrogens with zero attached hydrogens (tertiary/aromatic N) is 4. The molecule has 0 bridgehead atoms. The van der Waals surface area contributed by atoms with Gasteiger partial charge >= 0.3 is 0 Å². The summed E-state index contributed by atoms with van der Waals surface area (Å²) in [5, 5.41) is 7.59. The van der Waals surface area contributed by atoms with Crippen molar-refractivity contribution in [3.05, 3.63) is 16.6 Å². The molecule has 0 spiro atoms. The third-order valence-electron chi connectivity index (χ3n) is 4.53. The van der Waals surface area contributed by atoms with Crippen LogP contribution in [-0.2, 0) is 11.3 Å². The molecule has 8 heteroatoms. The highest BCUT2D eigenvalue weighted by molar-refractivity contribution is 7.80. The molecule has 134 valence electrons. The van der Waals surface area contributed by atoms with Gasteiger partial charge in [0.25, 0.3) is 0 Å². The van der Waals surface area contributed by atoms with Crippen molar-refractivity contribution in [2.45, 2.75) is 13.0 Å². The predicted octanol–water partition coefficient (Wildman–Crippen LogP) is 0.858. The Morgan fingerprint density at radius 2 is 2.04 bits per heavy atom. The lowest BCUT2D eigenvalue weighted by Crippen LogP contribution is -2.46. The van der Waals surface area contributed by atoms with Crippen molar-refractivity contribution in [3.8, 4) is 0 Å². The average Bonchev–Trinajstić information content (AvgIpc) is 3.00. The fraction of sp³-hybridized carbons (Fsp3) is 0.750. The fourth-order valence-corrected chi connectivity index (χ4v) is 4.05. The van der Waals surface area contributed by atoms with Crippen LogP contribution in [-0.4, -0.2) is 90.4 Å². The summed E-state index contributed by atoms with van der Waals surface area (Å²) >= 11 is 7.34. The second kappa shape index (κ2) is 9.62. The maximum absolute atomic E-state index is 5.60. The van der Waals surface area contributed by atoms with Crippen LogP contribution in [0.3, 0.4) is 0 Å². The lowest BCUT2D eigenvalue weighted by molar-refractivity contribution is 0.0389. The molecule has 0 amide bonds. The summed E-state index contributed by atoms with van der Waals surface area (Å²) in [7, 11) is 0. The minimum atomic E-state index is 0.853. The first kappa shape index (κ1) is 18.0. The Kier molecular flexibility index (Phi) is 7.22. The van der Waals surface area contributed by atoms with Crippen LogP contribution < -0.4 is 5.32 Å². The zero-order valence-corrected chi connectivity index (χ0v) is 15.8. The zero-order chi connectivity index (χ0) is 16.6. The number of rotatable bonds is 5. The standard InChI is InChI=1S/C16H27N5OS2/c23-16(18-2-6-19-9-11-22-12-10-19)21-5-1-4-20(7-8-21)14-15-17-3-13-24-15/h3,13H,1-2,4-12,14H2,(H,18,23). The first-order valence-corrected chi connectivity index (χ1v) is 10.0. The van der Waals surface area contributed by atoms with Gasteiger partial charge in [0.2, 0.25) is 0 Å². The van der Waals surface area contributed by atoms with E-state index in [1.807, 2.05) is 11.6 Å². The molecule has 2 aliphatic rings. The van der Waals surface area contributed by atoms with Crippen LogP contribution in [0.15, 0.2) is 11.6 Å². The van der Waals surface area contributed by atoms with E-state index in [1.165, 1.54) is 5.01 Å². The van der Waals surface area contributed by atoms with Crippen LogP contribution in [0.1, 0.15) is 11.4 Å². The third-order valence-corrected chi connectivity index (χ3v) is 5.69. The number of hydrogen-bond donors (Lipinski definition) is 1. The minimum absolute atomic E-state index is 0.853. The van der Waals surface area contributed by atoms with Gasteiger partial charge in [0.1, 0.15) is 5.01 Å². The Morgan fingerprint density at radius 3 is 2.83 bits per heavy atom. The van der Waals surface area contributed by atoms with Crippen molar-refractivity contribution in [3.63, 3.8) is 0 Å². The third kappa shape index (κ3) is 5.63. The number of aromatic nitrogens is 1. The number of ether oxygens (including phenoxy) is 1. The maximum atomic E-state index is 5.60. The van der Waals surface area contributed by atoms with Crippen LogP contribution in [0, 0.1) is 0 Å². The largest absolute Gasteiger partial charge is 0.379 e. The summed E-state index contributed by atoms with van der Waals surface area (Å²) in [4.78, 5) is 11.6. The fourth-order valence-electron chi connectivity index (χ4n) is 3.11. The Bertz CT molecular complexity index is 493. The normalized spacial score (nSPS) is 20.8. The molecule has 1 aromatic rings. The molecule has 1 N–H and O–H groups in total. The van der Waals surface area contributed by atoms with Gasteiger partial charge in [-0.05, 0) is 18.6 Å². The molecule has 0 radical (unpaired) electrons. The van der Waals surface area contributed by atoms with Crippen LogP contribution in [0.5, 0.6) is 0 Å². The molecule has 0 aromatic carbocycles. The van der Waals surface area contributed by atoms with Gasteiger partial charge in [0.15, 0.2) is 5.11 Å². The Balaban J connectivity index is 1.36. The summed E-state index contributed by atoms with van der Waals surface area (Å²) < 4.78 is 5.38. The van der Waals surface area contributed by atoms with Gasteiger partial charge in [0, 0.05) is 63.9 Å². The van der Waals surface area contributed by atoms with Gasteiger partial charge in [-0.3, -0.25) is 9.80 Å². The number of nitrogens with one attached hydrogen (secondary N) is 1. The maximum Gasteiger partial charge on any atom is 0.169 e. The van der Waals surface area contributed by atoms with Gasteiger partial charge in [-0.1, -0.05) is 0 Å². The monoisotopic (exact) mass is 369 g/mol. The number of hydrogen-bond acceptors (Lipinski definition) is 6. The van der Waals surface area contributed by atoms with Gasteiger partial charge in [-0.2, -0.15) is 0 Å². The van der Waals surface area contributed by atoms with Gasteiger partial charge in [-0.15, -0.1) is 11.3 Å². The summed E-state index contributed by atoms with van der Waals surface area (Å²) in [5.74, 6) is 0. The highest BCUT2D eigenvalue weighted by atomic mass is 32.1. The molecule has 1 aromatic heterocycles. The van der Waals surface area contributed by atoms with E-state index in [9.17, 15) is 0 Å². The van der Waals surface area contributed by atoms with Crippen molar-refractivity contribution in [1.82, 2.24) is 25.0 Å². The van der Waals surface area contributed by atoms with Crippen molar-refractivity contribution >= 4 is 28.7 Å². The lowest BCUT2D eigenvalue weighted by atomic mass is 10.4. The molecular formula is C16H27N5OS2. The molecule has 0 unspecified atom stereocenters. The molecule has 0 aliphatic carbocycles. The smallest absolute Gasteiger partial charge is 0.169 e. The van der Waals surface area contributed by atoms with E-state index in [2.05, 4.69) is 25.0 Å². The minimum Gasteiger partial charge on any atom is -0.379 e. The molecule has 3 heterocycles. The van der Waals surface area contributed by atoms with Crippen LogP contribution >= 0.6 is 23.6 Å². The van der Waals surface area contributed by atoms with Crippen LogP contribution in [0.25, 0.3) is 0 Å². The van der Waals surface area contributed by atoms with Gasteiger partial charge in [0.05, 0.1) is 19.8 Å². The van der Waals surface area contributed by atoms with Gasteiger partial charge in [-0.25, -0.2) is 4.98 Å². The molecular weight excluding hydrogens is 342 g/mol. The summed E-state index contributed by atoms with van der Waals surface area (Å²) in [6, 6.07) is 0. The summed E-state index contributed by atoms with van der Waals surface area (Å²) in [6.45, 7) is 10.9. The molecule has 24 heavy (non-hydrogen) atoms. The number of thiocarbonyl (C=S) groups is 1. The molecule has 2 aliphatic heterocycles. The van der Waals surface area contributed by atoms with E-state index in [0.29, 0.717) is 0 Å². The summed E-state index contributed by atoms with van der Waals surface area (Å²) in [6.07, 6.45) is 3.04. The summed E-state index contributed by atoms with van der Waals surface area (Å²) in [5.41, 5.74) is 0. The Morgan fingerprint density at radius 1 is 1.17 bits per heavy atom. The van der Waals surface area contributed by atoms with Crippen molar-refractivity contribution in [2.24, 2.45) is 0 Å². The molecule has 3 rings (SSSR count). The quantitative estimate of drug-likeness (QED) is 0.772. The van der Waals surface area contributed by atoms with E-state index >= 15 is 0 Å². The second-order valence-corrected chi connectivity index (χ2v) is 7.59. The van der Waals surface area contributed by atoms with E-state index in [4.69, 9.17) is 17.0 Å². The van der Waals surface area contributed by atoms with Crippen LogP contribution in [0.4, 0.5) is 0 Å². The van der Waals surface area contributed by atoms with Crippen molar-refractivity contribution in [2.75, 3.05) is 65.6 Å². The molecule has 6 nitrogen and oxygen atoms in total. The van der Waals surface area contributed by atoms with Crippen LogP contribution in [0.2, 0.25) is 0 Å². The topological polar surface area (TPSA) is 43.9 Å². The zero-order valence-electron chi connectivity index (χ0n) is 14.2. The first-order chi connectivity index (χ1) is 11.8. The van der Waals surface area contributed by atoms with Crippen molar-refractivity contribution < 1.29 is 4.74 Å². The van der Waals surface area contributed by atoms with Gasteiger partial charge < -0.3 is 15.0 Å². The SMILES string of the molecule is S=C(NCCN1CCOCC1)N1CCCN(Cc2nccs2)CC1. The van der Waals surface area contributed by atoms with E-state index in [1.54, 1.807) is 11.3 Å². The first-order valence-electron chi connectivity index (χ1n) is 8.75. The second-order valence-electron chi connectivity index (χ2n) is 6.23. The number of thiazole rings is 1. The molecule has 2 fully saturated rings. The average molecular weight is 370 g/mol. The van der Waals surface area contributed by atoms with E-state index < -0.39 is 0 Å².